The molecular formula is C18H22N4O2. The van der Waals surface area contributed by atoms with Crippen LogP contribution in [0.1, 0.15) is 35.9 Å². The third kappa shape index (κ3) is 3.18. The van der Waals surface area contributed by atoms with Gasteiger partial charge in [0.05, 0.1) is 12.1 Å². The van der Waals surface area contributed by atoms with E-state index in [2.05, 4.69) is 15.7 Å². The van der Waals surface area contributed by atoms with Crippen molar-refractivity contribution >= 4 is 23.2 Å². The lowest BCUT2D eigenvalue weighted by molar-refractivity contribution is -0.116. The fourth-order valence-corrected chi connectivity index (χ4v) is 3.11. The lowest BCUT2D eigenvalue weighted by atomic mass is 10.0. The summed E-state index contributed by atoms with van der Waals surface area (Å²) in [5.74, 6) is -0.0665. The molecule has 6 heteroatoms. The van der Waals surface area contributed by atoms with Crippen LogP contribution in [0.4, 0.5) is 11.4 Å². The number of aryl methyl sites for hydroxylation is 3. The average molecular weight is 326 g/mol. The van der Waals surface area contributed by atoms with Crippen LogP contribution in [0.5, 0.6) is 0 Å². The van der Waals surface area contributed by atoms with Crippen molar-refractivity contribution in [3.63, 3.8) is 0 Å². The molecule has 2 amide bonds. The lowest BCUT2D eigenvalue weighted by Gasteiger charge is -2.17. The first-order chi connectivity index (χ1) is 11.5. The highest BCUT2D eigenvalue weighted by molar-refractivity contribution is 5.97. The molecule has 0 fully saturated rings. The lowest BCUT2D eigenvalue weighted by Crippen LogP contribution is -2.20. The quantitative estimate of drug-likeness (QED) is 0.907. The van der Waals surface area contributed by atoms with E-state index in [0.29, 0.717) is 18.5 Å². The summed E-state index contributed by atoms with van der Waals surface area (Å²) in [5, 5.41) is 10.2. The number of amides is 2. The standard InChI is InChI=1S/C18H22N4O2/c1-4-22-12(3)15(11(2)21-22)10-18(24)19-14-7-5-13-6-8-17(23)20-16(13)9-14/h5,7,9H,4,6,8,10H2,1-3H3,(H,19,24)(H,20,23). The zero-order chi connectivity index (χ0) is 17.3. The number of carbonyl (C=O) groups is 2. The van der Waals surface area contributed by atoms with Gasteiger partial charge >= 0.3 is 0 Å². The van der Waals surface area contributed by atoms with Crippen LogP contribution in [-0.4, -0.2) is 21.6 Å². The van der Waals surface area contributed by atoms with Crippen LogP contribution in [0.3, 0.4) is 0 Å². The third-order valence-electron chi connectivity index (χ3n) is 4.46. The number of rotatable bonds is 4. The van der Waals surface area contributed by atoms with Crippen LogP contribution >= 0.6 is 0 Å². The highest BCUT2D eigenvalue weighted by Crippen LogP contribution is 2.26. The molecule has 0 aliphatic carbocycles. The third-order valence-corrected chi connectivity index (χ3v) is 4.46. The Balaban J connectivity index is 1.73. The van der Waals surface area contributed by atoms with Crippen molar-refractivity contribution in [2.75, 3.05) is 10.6 Å². The van der Waals surface area contributed by atoms with E-state index in [1.165, 1.54) is 0 Å². The van der Waals surface area contributed by atoms with Gasteiger partial charge in [0.25, 0.3) is 0 Å². The second-order valence-electron chi connectivity index (χ2n) is 6.11. The minimum atomic E-state index is -0.0843. The van der Waals surface area contributed by atoms with Crippen molar-refractivity contribution in [2.24, 2.45) is 0 Å². The molecular weight excluding hydrogens is 304 g/mol. The van der Waals surface area contributed by atoms with Gasteiger partial charge in [0.15, 0.2) is 0 Å². The predicted molar refractivity (Wildman–Crippen MR) is 93.1 cm³/mol. The van der Waals surface area contributed by atoms with E-state index in [1.807, 2.05) is 43.7 Å². The SMILES string of the molecule is CCn1nc(C)c(CC(=O)Nc2ccc3c(c2)NC(=O)CC3)c1C. The molecule has 6 nitrogen and oxygen atoms in total. The first-order valence-electron chi connectivity index (χ1n) is 8.23. The normalized spacial score (nSPS) is 13.4. The monoisotopic (exact) mass is 326 g/mol. The summed E-state index contributed by atoms with van der Waals surface area (Å²) in [4.78, 5) is 23.9. The number of nitrogens with one attached hydrogen (secondary N) is 2. The number of carbonyl (C=O) groups excluding carboxylic acids is 2. The minimum Gasteiger partial charge on any atom is -0.326 e. The Bertz CT molecular complexity index is 808. The van der Waals surface area contributed by atoms with E-state index < -0.39 is 0 Å². The van der Waals surface area contributed by atoms with Gasteiger partial charge in [0.2, 0.25) is 11.8 Å². The summed E-state index contributed by atoms with van der Waals surface area (Å²) in [6.45, 7) is 6.74. The summed E-state index contributed by atoms with van der Waals surface area (Å²) >= 11 is 0. The van der Waals surface area contributed by atoms with Gasteiger partial charge in [0.1, 0.15) is 0 Å². The van der Waals surface area contributed by atoms with Crippen LogP contribution in [0, 0.1) is 13.8 Å². The van der Waals surface area contributed by atoms with Gasteiger partial charge in [0, 0.05) is 35.6 Å². The molecule has 0 unspecified atom stereocenters. The molecule has 1 aromatic heterocycles. The summed E-state index contributed by atoms with van der Waals surface area (Å²) in [6, 6.07) is 5.65. The second kappa shape index (κ2) is 6.47. The van der Waals surface area contributed by atoms with E-state index in [1.54, 1.807) is 0 Å². The molecule has 0 radical (unpaired) electrons. The Labute approximate surface area is 141 Å². The first kappa shape index (κ1) is 16.2. The van der Waals surface area contributed by atoms with Crippen molar-refractivity contribution < 1.29 is 9.59 Å². The molecule has 126 valence electrons. The molecule has 2 aromatic rings. The van der Waals surface area contributed by atoms with Crippen molar-refractivity contribution in [1.82, 2.24) is 9.78 Å². The van der Waals surface area contributed by atoms with Crippen LogP contribution in [0.15, 0.2) is 18.2 Å². The molecule has 0 spiro atoms. The van der Waals surface area contributed by atoms with E-state index in [-0.39, 0.29) is 11.8 Å². The summed E-state index contributed by atoms with van der Waals surface area (Å²) in [5.41, 5.74) is 5.48. The minimum absolute atomic E-state index is 0.0178. The van der Waals surface area contributed by atoms with Crippen LogP contribution in [0.25, 0.3) is 0 Å². The zero-order valence-electron chi connectivity index (χ0n) is 14.3. The van der Waals surface area contributed by atoms with Crippen molar-refractivity contribution in [3.8, 4) is 0 Å². The molecule has 3 rings (SSSR count). The number of benzene rings is 1. The number of hydrogen-bond acceptors (Lipinski definition) is 3. The van der Waals surface area contributed by atoms with E-state index in [4.69, 9.17) is 0 Å². The fourth-order valence-electron chi connectivity index (χ4n) is 3.11. The van der Waals surface area contributed by atoms with Crippen LogP contribution < -0.4 is 10.6 Å². The van der Waals surface area contributed by atoms with Crippen molar-refractivity contribution in [2.45, 2.75) is 46.6 Å². The molecule has 0 saturated heterocycles. The largest absolute Gasteiger partial charge is 0.326 e. The molecule has 0 bridgehead atoms. The maximum atomic E-state index is 12.4. The van der Waals surface area contributed by atoms with Gasteiger partial charge in [-0.05, 0) is 44.9 Å². The fraction of sp³-hybridized carbons (Fsp3) is 0.389. The number of nitrogens with zero attached hydrogens (tertiary/aromatic N) is 2. The molecule has 0 atom stereocenters. The Hall–Kier alpha value is -2.63. The molecule has 2 N–H and O–H groups in total. The van der Waals surface area contributed by atoms with E-state index in [0.717, 1.165) is 41.2 Å². The summed E-state index contributed by atoms with van der Waals surface area (Å²) in [6.07, 6.45) is 1.55. The number of fused-ring (bicyclic) bond motifs is 1. The molecule has 1 aliphatic heterocycles. The van der Waals surface area contributed by atoms with Gasteiger partial charge in [-0.15, -0.1) is 0 Å². The maximum Gasteiger partial charge on any atom is 0.228 e. The van der Waals surface area contributed by atoms with Gasteiger partial charge in [-0.25, -0.2) is 0 Å². The van der Waals surface area contributed by atoms with E-state index in [9.17, 15) is 9.59 Å². The molecule has 1 aromatic carbocycles. The Morgan fingerprint density at radius 2 is 2.12 bits per heavy atom. The van der Waals surface area contributed by atoms with Crippen molar-refractivity contribution in [3.05, 3.63) is 40.7 Å². The van der Waals surface area contributed by atoms with Crippen molar-refractivity contribution in [1.29, 1.82) is 0 Å². The molecule has 1 aliphatic rings. The zero-order valence-corrected chi connectivity index (χ0v) is 14.3. The smallest absolute Gasteiger partial charge is 0.228 e. The molecule has 2 heterocycles. The molecule has 0 saturated carbocycles. The second-order valence-corrected chi connectivity index (χ2v) is 6.11. The number of hydrogen-bond donors (Lipinski definition) is 2. The number of aromatic nitrogens is 2. The highest BCUT2D eigenvalue weighted by Gasteiger charge is 2.17. The van der Waals surface area contributed by atoms with Gasteiger partial charge in [-0.3, -0.25) is 14.3 Å². The Morgan fingerprint density at radius 3 is 2.83 bits per heavy atom. The summed E-state index contributed by atoms with van der Waals surface area (Å²) < 4.78 is 1.91. The maximum absolute atomic E-state index is 12.4. The van der Waals surface area contributed by atoms with Gasteiger partial charge in [-0.1, -0.05) is 6.07 Å². The average Bonchev–Trinajstić information content (AvgIpc) is 2.82. The predicted octanol–water partition coefficient (Wildman–Crippen LogP) is 2.59. The van der Waals surface area contributed by atoms with E-state index >= 15 is 0 Å². The van der Waals surface area contributed by atoms with Crippen LogP contribution in [-0.2, 0) is 29.0 Å². The highest BCUT2D eigenvalue weighted by atomic mass is 16.2. The molecule has 24 heavy (non-hydrogen) atoms. The van der Waals surface area contributed by atoms with Gasteiger partial charge < -0.3 is 10.6 Å². The number of anilines is 2. The van der Waals surface area contributed by atoms with Crippen LogP contribution in [0.2, 0.25) is 0 Å². The first-order valence-corrected chi connectivity index (χ1v) is 8.23. The Kier molecular flexibility index (Phi) is 4.38. The summed E-state index contributed by atoms with van der Waals surface area (Å²) in [7, 11) is 0. The Morgan fingerprint density at radius 1 is 1.33 bits per heavy atom. The topological polar surface area (TPSA) is 76.0 Å². The van der Waals surface area contributed by atoms with Gasteiger partial charge in [-0.2, -0.15) is 5.10 Å².